The Bertz CT molecular complexity index is 480. The fraction of sp³-hybridized carbons (Fsp3) is 0.125. The monoisotopic (exact) mass is 257 g/mol. The Hall–Kier alpha value is -1.65. The molecule has 0 heterocycles. The molecule has 1 aliphatic carbocycles. The Morgan fingerprint density at radius 1 is 1.33 bits per heavy atom. The van der Waals surface area contributed by atoms with E-state index in [1.165, 1.54) is 0 Å². The van der Waals surface area contributed by atoms with Gasteiger partial charge in [-0.3, -0.25) is 0 Å². The minimum Gasteiger partial charge on any atom is -0.508 e. The molecule has 0 amide bonds. The number of hydrogen-bond donors (Lipinski definition) is 1. The average molecular weight is 258 g/mol. The zero-order chi connectivity index (χ0) is 13.4. The molecule has 2 rings (SSSR count). The Morgan fingerprint density at radius 3 is 2.50 bits per heavy atom. The van der Waals surface area contributed by atoms with Gasteiger partial charge in [-0.1, -0.05) is 54.8 Å². The molecule has 1 nitrogen and oxygen atoms in total. The molecule has 91 valence electrons. The van der Waals surface area contributed by atoms with Crippen molar-refractivity contribution in [3.05, 3.63) is 65.4 Å². The quantitative estimate of drug-likeness (QED) is 0.756. The van der Waals surface area contributed by atoms with Crippen molar-refractivity contribution in [1.82, 2.24) is 0 Å². The van der Waals surface area contributed by atoms with Gasteiger partial charge >= 0.3 is 0 Å². The first-order chi connectivity index (χ1) is 8.67. The largest absolute Gasteiger partial charge is 0.508 e. The second-order valence-electron chi connectivity index (χ2n) is 3.55. The molecule has 0 unspecified atom stereocenters. The molecule has 1 aromatic rings. The minimum atomic E-state index is 0.403. The summed E-state index contributed by atoms with van der Waals surface area (Å²) in [6.45, 7) is 2.02. The van der Waals surface area contributed by atoms with Crippen LogP contribution in [0.15, 0.2) is 47.5 Å². The third kappa shape index (κ3) is 4.69. The summed E-state index contributed by atoms with van der Waals surface area (Å²) < 4.78 is 0. The standard InChI is InChI=1S/C8H4Cl.C8H10O/c1-2-7-3-5-8(9)6-4-7;1-2-7-5-3-4-6-8(7)9/h1,3,5-6H;3-6,9H,2H2,1H3. The van der Waals surface area contributed by atoms with Crippen LogP contribution in [0.25, 0.3) is 0 Å². The molecule has 0 saturated heterocycles. The van der Waals surface area contributed by atoms with Crippen LogP contribution in [0.5, 0.6) is 5.75 Å². The maximum atomic E-state index is 9.11. The third-order valence-electron chi connectivity index (χ3n) is 2.30. The molecule has 0 aliphatic heterocycles. The Labute approximate surface area is 114 Å². The smallest absolute Gasteiger partial charge is 0.118 e. The predicted octanol–water partition coefficient (Wildman–Crippen LogP) is 3.92. The van der Waals surface area contributed by atoms with E-state index in [4.69, 9.17) is 23.1 Å². The van der Waals surface area contributed by atoms with E-state index in [9.17, 15) is 0 Å². The first kappa shape index (κ1) is 14.4. The molecule has 0 aromatic heterocycles. The van der Waals surface area contributed by atoms with Crippen molar-refractivity contribution >= 4 is 11.6 Å². The van der Waals surface area contributed by atoms with E-state index in [0.29, 0.717) is 10.8 Å². The molecule has 1 aliphatic rings. The average Bonchev–Trinajstić information content (AvgIpc) is 2.41. The van der Waals surface area contributed by atoms with Crippen LogP contribution in [0.2, 0.25) is 0 Å². The zero-order valence-corrected chi connectivity index (χ0v) is 10.9. The zero-order valence-electron chi connectivity index (χ0n) is 10.2. The highest BCUT2D eigenvalue weighted by Crippen LogP contribution is 2.18. The Kier molecular flexibility index (Phi) is 6.11. The van der Waals surface area contributed by atoms with Gasteiger partial charge in [-0.2, -0.15) is 0 Å². The topological polar surface area (TPSA) is 20.2 Å². The summed E-state index contributed by atoms with van der Waals surface area (Å²) in [5.41, 5.74) is 1.01. The van der Waals surface area contributed by atoms with Gasteiger partial charge in [-0.05, 0) is 24.1 Å². The Morgan fingerprint density at radius 2 is 2.06 bits per heavy atom. The van der Waals surface area contributed by atoms with E-state index in [2.05, 4.69) is 12.3 Å². The van der Waals surface area contributed by atoms with Crippen molar-refractivity contribution in [2.75, 3.05) is 0 Å². The molecule has 1 N–H and O–H groups in total. The Balaban J connectivity index is 0.000000180. The summed E-state index contributed by atoms with van der Waals surface area (Å²) in [7, 11) is 0. The van der Waals surface area contributed by atoms with Crippen LogP contribution >= 0.6 is 11.6 Å². The molecule has 3 radical (unpaired) electrons. The summed E-state index contributed by atoms with van der Waals surface area (Å²) in [5, 5.41) is 9.77. The number of aryl methyl sites for hydroxylation is 1. The molecular formula is C16H14ClO. The van der Waals surface area contributed by atoms with E-state index >= 15 is 0 Å². The number of para-hydroxylation sites is 1. The molecular weight excluding hydrogens is 244 g/mol. The van der Waals surface area contributed by atoms with Crippen LogP contribution in [-0.4, -0.2) is 5.11 Å². The SMILES string of the molecule is C#C[C]1[C]C=C(Cl)C=C1.CCc1ccccc1O. The van der Waals surface area contributed by atoms with E-state index in [0.717, 1.165) is 17.9 Å². The molecule has 0 fully saturated rings. The lowest BCUT2D eigenvalue weighted by atomic mass is 10.0. The van der Waals surface area contributed by atoms with Crippen LogP contribution in [0, 0.1) is 24.7 Å². The second kappa shape index (κ2) is 7.63. The highest BCUT2D eigenvalue weighted by molar-refractivity contribution is 6.31. The maximum absolute atomic E-state index is 9.11. The van der Waals surface area contributed by atoms with Gasteiger partial charge < -0.3 is 5.11 Å². The van der Waals surface area contributed by atoms with Gasteiger partial charge in [-0.25, -0.2) is 0 Å². The van der Waals surface area contributed by atoms with Crippen molar-refractivity contribution in [3.8, 4) is 18.1 Å². The number of phenolic OH excluding ortho intramolecular Hbond substituents is 1. The number of allylic oxidation sites excluding steroid dienone is 4. The number of halogens is 1. The second-order valence-corrected chi connectivity index (χ2v) is 3.98. The summed E-state index contributed by atoms with van der Waals surface area (Å²) in [6, 6.07) is 7.39. The molecule has 0 bridgehead atoms. The van der Waals surface area contributed by atoms with Crippen LogP contribution in [0.3, 0.4) is 0 Å². The summed E-state index contributed by atoms with van der Waals surface area (Å²) in [6.07, 6.45) is 13.9. The molecule has 18 heavy (non-hydrogen) atoms. The molecule has 0 atom stereocenters. The molecule has 0 spiro atoms. The fourth-order valence-electron chi connectivity index (χ4n) is 1.31. The van der Waals surface area contributed by atoms with Gasteiger partial charge in [0.1, 0.15) is 5.75 Å². The summed E-state index contributed by atoms with van der Waals surface area (Å²) in [5.74, 6) is 3.58. The normalized spacial score (nSPS) is 14.2. The number of aromatic hydroxyl groups is 1. The van der Waals surface area contributed by atoms with Gasteiger partial charge in [0.2, 0.25) is 0 Å². The predicted molar refractivity (Wildman–Crippen MR) is 75.9 cm³/mol. The van der Waals surface area contributed by atoms with E-state index in [1.54, 1.807) is 24.3 Å². The number of phenols is 1. The number of rotatable bonds is 1. The van der Waals surface area contributed by atoms with Crippen LogP contribution in [0.1, 0.15) is 12.5 Å². The summed E-state index contributed by atoms with van der Waals surface area (Å²) in [4.78, 5) is 0. The lowest BCUT2D eigenvalue weighted by molar-refractivity contribution is 0.469. The first-order valence-corrected chi connectivity index (χ1v) is 5.96. The van der Waals surface area contributed by atoms with Crippen LogP contribution in [-0.2, 0) is 6.42 Å². The van der Waals surface area contributed by atoms with Crippen molar-refractivity contribution in [2.24, 2.45) is 0 Å². The van der Waals surface area contributed by atoms with Gasteiger partial charge in [0, 0.05) is 11.5 Å². The van der Waals surface area contributed by atoms with E-state index in [-0.39, 0.29) is 0 Å². The van der Waals surface area contributed by atoms with Gasteiger partial charge in [0.15, 0.2) is 0 Å². The maximum Gasteiger partial charge on any atom is 0.118 e. The minimum absolute atomic E-state index is 0.403. The van der Waals surface area contributed by atoms with Gasteiger partial charge in [0.05, 0.1) is 5.92 Å². The fourth-order valence-corrected chi connectivity index (χ4v) is 1.42. The van der Waals surface area contributed by atoms with Crippen LogP contribution < -0.4 is 0 Å². The van der Waals surface area contributed by atoms with E-state index in [1.807, 2.05) is 25.1 Å². The third-order valence-corrected chi connectivity index (χ3v) is 2.54. The number of terminal acetylenes is 1. The van der Waals surface area contributed by atoms with Gasteiger partial charge in [0.25, 0.3) is 0 Å². The highest BCUT2D eigenvalue weighted by Gasteiger charge is 2.04. The van der Waals surface area contributed by atoms with Gasteiger partial charge in [-0.15, -0.1) is 6.42 Å². The van der Waals surface area contributed by atoms with Crippen molar-refractivity contribution < 1.29 is 5.11 Å². The number of benzene rings is 1. The lowest BCUT2D eigenvalue weighted by Crippen LogP contribution is -1.91. The van der Waals surface area contributed by atoms with Crippen molar-refractivity contribution in [1.29, 1.82) is 0 Å². The highest BCUT2D eigenvalue weighted by atomic mass is 35.5. The van der Waals surface area contributed by atoms with Crippen molar-refractivity contribution in [3.63, 3.8) is 0 Å². The first-order valence-electron chi connectivity index (χ1n) is 5.58. The molecule has 2 heteroatoms. The lowest BCUT2D eigenvalue weighted by Gasteiger charge is -2.02. The molecule has 0 saturated carbocycles. The van der Waals surface area contributed by atoms with Crippen LogP contribution in [0.4, 0.5) is 0 Å². The van der Waals surface area contributed by atoms with Crippen molar-refractivity contribution in [2.45, 2.75) is 13.3 Å². The van der Waals surface area contributed by atoms with E-state index < -0.39 is 0 Å². The molecule has 1 aromatic carbocycles. The summed E-state index contributed by atoms with van der Waals surface area (Å²) >= 11 is 5.57. The number of hydrogen-bond acceptors (Lipinski definition) is 1.